The van der Waals surface area contributed by atoms with Crippen molar-refractivity contribution in [3.63, 3.8) is 0 Å². The Labute approximate surface area is 250 Å². The van der Waals surface area contributed by atoms with Crippen molar-refractivity contribution in [2.24, 2.45) is 20.5 Å². The van der Waals surface area contributed by atoms with Gasteiger partial charge in [-0.3, -0.25) is 0 Å². The Morgan fingerprint density at radius 1 is 0.756 bits per heavy atom. The van der Waals surface area contributed by atoms with Gasteiger partial charge in [-0.2, -0.15) is 0 Å². The number of phenolic OH excluding ortho intramolecular Hbond substituents is 1. The van der Waals surface area contributed by atoms with Crippen molar-refractivity contribution < 1.29 is 14.2 Å². The fourth-order valence-corrected chi connectivity index (χ4v) is 4.88. The van der Waals surface area contributed by atoms with Gasteiger partial charge in [-0.05, 0) is 94.6 Å². The number of azo groups is 2. The van der Waals surface area contributed by atoms with Crippen LogP contribution in [0.1, 0.15) is 20.3 Å². The van der Waals surface area contributed by atoms with Crippen LogP contribution in [0.25, 0.3) is 0 Å². The lowest BCUT2D eigenvalue weighted by atomic mass is 10.2. The number of halogens is 1. The smallest absolute Gasteiger partial charge is 0.351 e. The average Bonchev–Trinajstić information content (AvgIpc) is 2.98. The van der Waals surface area contributed by atoms with E-state index in [0.717, 1.165) is 53.5 Å². The zero-order chi connectivity index (χ0) is 29.2. The number of aryl methyl sites for hydroxylation is 1. The second-order valence-corrected chi connectivity index (χ2v) is 10.4. The molecule has 2 aromatic carbocycles. The van der Waals surface area contributed by atoms with E-state index in [1.165, 1.54) is 0 Å². The summed E-state index contributed by atoms with van der Waals surface area (Å²) < 4.78 is 5.04. The van der Waals surface area contributed by atoms with E-state index in [1.807, 2.05) is 87.0 Å². The van der Waals surface area contributed by atoms with Crippen LogP contribution in [0.3, 0.4) is 0 Å². The molecule has 2 heterocycles. The van der Waals surface area contributed by atoms with Crippen LogP contribution in [0.2, 0.25) is 0 Å². The zero-order valence-corrected chi connectivity index (χ0v) is 25.6. The zero-order valence-electron chi connectivity index (χ0n) is 24.0. The van der Waals surface area contributed by atoms with E-state index in [4.69, 9.17) is 0 Å². The third-order valence-electron chi connectivity index (χ3n) is 6.69. The molecule has 41 heavy (non-hydrogen) atoms. The van der Waals surface area contributed by atoms with Crippen LogP contribution in [-0.2, 0) is 13.1 Å². The summed E-state index contributed by atoms with van der Waals surface area (Å²) in [5.74, 6) is 1.58. The first-order chi connectivity index (χ1) is 19.9. The first-order valence-electron chi connectivity index (χ1n) is 13.7. The number of aromatic hydroxyl groups is 1. The predicted molar refractivity (Wildman–Crippen MR) is 166 cm³/mol. The third-order valence-corrected chi connectivity index (χ3v) is 7.39. The SMILES string of the molecule is CCN(CC)c1ccc(N=Nc2cccc(Br)[n+]2CCC[n+]2ccccc2N=Nc2ccc(N(C)C)cc2)c(O)c1. The Hall–Kier alpha value is -4.18. The largest absolute Gasteiger partial charge is 0.505 e. The van der Waals surface area contributed by atoms with Crippen LogP contribution >= 0.6 is 15.9 Å². The van der Waals surface area contributed by atoms with Crippen molar-refractivity contribution in [3.8, 4) is 5.75 Å². The molecule has 9 nitrogen and oxygen atoms in total. The lowest BCUT2D eigenvalue weighted by molar-refractivity contribution is -0.720. The van der Waals surface area contributed by atoms with E-state index in [-0.39, 0.29) is 5.75 Å². The number of pyridine rings is 2. The quantitative estimate of drug-likeness (QED) is 0.101. The van der Waals surface area contributed by atoms with Gasteiger partial charge in [0.05, 0.1) is 29.5 Å². The molecule has 0 radical (unpaired) electrons. The molecule has 4 rings (SSSR count). The number of rotatable bonds is 12. The highest BCUT2D eigenvalue weighted by Gasteiger charge is 2.16. The molecule has 0 atom stereocenters. The summed E-state index contributed by atoms with van der Waals surface area (Å²) in [6.45, 7) is 7.36. The molecule has 0 amide bonds. The lowest BCUT2D eigenvalue weighted by Gasteiger charge is -2.21. The van der Waals surface area contributed by atoms with Crippen LogP contribution in [-0.4, -0.2) is 32.3 Å². The molecule has 212 valence electrons. The van der Waals surface area contributed by atoms with E-state index < -0.39 is 0 Å². The summed E-state index contributed by atoms with van der Waals surface area (Å²) in [7, 11) is 4.02. The van der Waals surface area contributed by atoms with Gasteiger partial charge in [-0.1, -0.05) is 6.07 Å². The highest BCUT2D eigenvalue weighted by atomic mass is 79.9. The second-order valence-electron chi connectivity index (χ2n) is 9.62. The fraction of sp³-hybridized carbons (Fsp3) is 0.290. The van der Waals surface area contributed by atoms with Crippen LogP contribution in [0.15, 0.2) is 110 Å². The van der Waals surface area contributed by atoms with Gasteiger partial charge in [-0.25, -0.2) is 9.13 Å². The first-order valence-corrected chi connectivity index (χ1v) is 14.5. The van der Waals surface area contributed by atoms with E-state index in [2.05, 4.69) is 69.2 Å². The summed E-state index contributed by atoms with van der Waals surface area (Å²) in [6, 6.07) is 25.2. The number of hydrogen-bond donors (Lipinski definition) is 1. The van der Waals surface area contributed by atoms with E-state index in [1.54, 1.807) is 12.1 Å². The average molecular weight is 618 g/mol. The minimum absolute atomic E-state index is 0.107. The molecule has 0 fully saturated rings. The van der Waals surface area contributed by atoms with E-state index in [0.29, 0.717) is 18.1 Å². The van der Waals surface area contributed by atoms with Gasteiger partial charge in [0.1, 0.15) is 11.4 Å². The van der Waals surface area contributed by atoms with Gasteiger partial charge < -0.3 is 14.9 Å². The molecular weight excluding hydrogens is 580 g/mol. The Bertz CT molecular complexity index is 1500. The van der Waals surface area contributed by atoms with Gasteiger partial charge >= 0.3 is 11.6 Å². The van der Waals surface area contributed by atoms with Gasteiger partial charge in [0.2, 0.25) is 0 Å². The van der Waals surface area contributed by atoms with Crippen LogP contribution in [0, 0.1) is 0 Å². The number of anilines is 2. The molecule has 0 bridgehead atoms. The Balaban J connectivity index is 1.45. The number of hydrogen-bond acceptors (Lipinski definition) is 7. The second kappa shape index (κ2) is 14.5. The summed E-state index contributed by atoms with van der Waals surface area (Å²) in [5, 5.41) is 28.3. The molecular formula is C31H37BrN8O+2. The van der Waals surface area contributed by atoms with Gasteiger partial charge in [0.15, 0.2) is 10.3 Å². The molecule has 4 aromatic rings. The normalized spacial score (nSPS) is 11.4. The minimum Gasteiger partial charge on any atom is -0.505 e. The number of phenols is 1. The number of nitrogens with zero attached hydrogens (tertiary/aromatic N) is 8. The Kier molecular flexibility index (Phi) is 10.5. The van der Waals surface area contributed by atoms with Crippen molar-refractivity contribution in [3.05, 3.63) is 89.7 Å². The molecule has 0 saturated heterocycles. The summed E-state index contributed by atoms with van der Waals surface area (Å²) in [6.07, 6.45) is 2.84. The monoisotopic (exact) mass is 616 g/mol. The molecule has 0 aliphatic rings. The molecule has 1 N–H and O–H groups in total. The van der Waals surface area contributed by atoms with Gasteiger partial charge in [0, 0.05) is 63.2 Å². The van der Waals surface area contributed by atoms with Crippen LogP contribution in [0.4, 0.5) is 34.4 Å². The molecule has 0 aliphatic heterocycles. The molecule has 0 saturated carbocycles. The van der Waals surface area contributed by atoms with E-state index >= 15 is 0 Å². The minimum atomic E-state index is 0.107. The Morgan fingerprint density at radius 3 is 2.17 bits per heavy atom. The Morgan fingerprint density at radius 2 is 1.46 bits per heavy atom. The van der Waals surface area contributed by atoms with Crippen LogP contribution in [0.5, 0.6) is 5.75 Å². The maximum Gasteiger partial charge on any atom is 0.351 e. The van der Waals surface area contributed by atoms with Crippen molar-refractivity contribution in [1.29, 1.82) is 0 Å². The number of aromatic nitrogens is 2. The molecule has 10 heteroatoms. The van der Waals surface area contributed by atoms with E-state index in [9.17, 15) is 5.11 Å². The summed E-state index contributed by atoms with van der Waals surface area (Å²) >= 11 is 3.66. The highest BCUT2D eigenvalue weighted by Crippen LogP contribution is 2.32. The third kappa shape index (κ3) is 7.94. The number of benzene rings is 2. The molecule has 0 unspecified atom stereocenters. The lowest BCUT2D eigenvalue weighted by Crippen LogP contribution is -2.40. The maximum atomic E-state index is 10.6. The van der Waals surface area contributed by atoms with Crippen LogP contribution < -0.4 is 18.9 Å². The topological polar surface area (TPSA) is 83.9 Å². The fourth-order valence-electron chi connectivity index (χ4n) is 4.37. The highest BCUT2D eigenvalue weighted by molar-refractivity contribution is 9.10. The molecule has 0 aliphatic carbocycles. The van der Waals surface area contributed by atoms with Crippen molar-refractivity contribution in [1.82, 2.24) is 0 Å². The maximum absolute atomic E-state index is 10.6. The van der Waals surface area contributed by atoms with Crippen molar-refractivity contribution >= 4 is 50.3 Å². The summed E-state index contributed by atoms with van der Waals surface area (Å²) in [4.78, 5) is 4.22. The van der Waals surface area contributed by atoms with Crippen molar-refractivity contribution in [2.75, 3.05) is 37.0 Å². The van der Waals surface area contributed by atoms with Crippen molar-refractivity contribution in [2.45, 2.75) is 33.4 Å². The standard InChI is InChI=1S/C31H36BrN8O/c1-5-38(6-2)26-18-19-27(28(41)23-26)34-36-31-13-9-11-29(32)40(31)22-10-21-39-20-8-7-12-30(39)35-33-24-14-16-25(17-15-24)37(3)4/h7-9,11-20,23H,5-6,10,21-22H2,1-4H3/q+1/p+1. The van der Waals surface area contributed by atoms with Gasteiger partial charge in [-0.15, -0.1) is 0 Å². The van der Waals surface area contributed by atoms with Gasteiger partial charge in [0.25, 0.3) is 0 Å². The first kappa shape index (κ1) is 29.8. The summed E-state index contributed by atoms with van der Waals surface area (Å²) in [5.41, 5.74) is 3.31. The predicted octanol–water partition coefficient (Wildman–Crippen LogP) is 7.56. The molecule has 0 spiro atoms. The molecule has 2 aromatic heterocycles.